The van der Waals surface area contributed by atoms with Crippen molar-refractivity contribution in [3.8, 4) is 0 Å². The largest absolute Gasteiger partial charge is 1.00 e. The number of hydrogen-bond acceptors (Lipinski definition) is 5. The van der Waals surface area contributed by atoms with E-state index < -0.39 is 22.0 Å². The van der Waals surface area contributed by atoms with Crippen molar-refractivity contribution >= 4 is 10.1 Å². The van der Waals surface area contributed by atoms with E-state index >= 15 is 0 Å². The van der Waals surface area contributed by atoms with Crippen LogP contribution < -0.4 is 34.9 Å². The summed E-state index contributed by atoms with van der Waals surface area (Å²) in [7, 11) is -4.33. The molecule has 5 nitrogen and oxygen atoms in total. The van der Waals surface area contributed by atoms with E-state index in [0.29, 0.717) is 6.54 Å². The predicted molar refractivity (Wildman–Crippen MR) is 43.6 cm³/mol. The third-order valence-corrected chi connectivity index (χ3v) is 1.86. The van der Waals surface area contributed by atoms with Gasteiger partial charge in [-0.05, 0) is 0 Å². The van der Waals surface area contributed by atoms with E-state index in [4.69, 9.17) is 5.11 Å². The number of rotatable bonds is 6. The topological polar surface area (TPSA) is 89.5 Å². The molecule has 0 saturated carbocycles. The fourth-order valence-electron chi connectivity index (χ4n) is 0.647. The van der Waals surface area contributed by atoms with Crippen molar-refractivity contribution in [1.29, 1.82) is 0 Å². The summed E-state index contributed by atoms with van der Waals surface area (Å²) in [6, 6.07) is 0. The molecule has 13 heavy (non-hydrogen) atoms. The van der Waals surface area contributed by atoms with E-state index in [1.165, 1.54) is 0 Å². The second kappa shape index (κ2) is 7.93. The maximum Gasteiger partial charge on any atom is 1.00 e. The van der Waals surface area contributed by atoms with Crippen molar-refractivity contribution in [3.05, 3.63) is 12.7 Å². The third kappa shape index (κ3) is 12.6. The molecule has 72 valence electrons. The van der Waals surface area contributed by atoms with Crippen LogP contribution in [0.25, 0.3) is 0 Å². The molecule has 0 aliphatic rings. The molecule has 0 heterocycles. The summed E-state index contributed by atoms with van der Waals surface area (Å²) in [5.74, 6) is -0.753. The maximum atomic E-state index is 10.1. The standard InChI is InChI=1S/C6H13NO4S.Na/c1-2-3-7-4-6(8)5-12(9,10)11;/h2,6-8H,1,3-5H2,(H,9,10,11);/q;+1/p-1. The van der Waals surface area contributed by atoms with Crippen LogP contribution >= 0.6 is 0 Å². The van der Waals surface area contributed by atoms with Crippen molar-refractivity contribution in [2.75, 3.05) is 18.8 Å². The van der Waals surface area contributed by atoms with Gasteiger partial charge in [-0.3, -0.25) is 0 Å². The van der Waals surface area contributed by atoms with Crippen molar-refractivity contribution in [2.24, 2.45) is 0 Å². The Morgan fingerprint density at radius 3 is 2.54 bits per heavy atom. The summed E-state index contributed by atoms with van der Waals surface area (Å²) in [5, 5.41) is 11.6. The Hall–Kier alpha value is 0.570. The van der Waals surface area contributed by atoms with Gasteiger partial charge in [0.15, 0.2) is 0 Å². The van der Waals surface area contributed by atoms with Crippen LogP contribution in [-0.2, 0) is 10.1 Å². The molecule has 1 unspecified atom stereocenters. The van der Waals surface area contributed by atoms with Gasteiger partial charge < -0.3 is 15.0 Å². The first-order valence-electron chi connectivity index (χ1n) is 3.39. The van der Waals surface area contributed by atoms with Gasteiger partial charge in [0.1, 0.15) is 0 Å². The van der Waals surface area contributed by atoms with Gasteiger partial charge in [0.05, 0.1) is 22.0 Å². The normalized spacial score (nSPS) is 13.1. The molecule has 0 bridgehead atoms. The fraction of sp³-hybridized carbons (Fsp3) is 0.667. The average molecular weight is 217 g/mol. The van der Waals surface area contributed by atoms with E-state index in [0.717, 1.165) is 0 Å². The molecule has 0 aromatic heterocycles. The first kappa shape index (κ1) is 16.0. The number of nitrogens with one attached hydrogen (secondary N) is 1. The van der Waals surface area contributed by atoms with Gasteiger partial charge in [-0.25, -0.2) is 8.42 Å². The minimum Gasteiger partial charge on any atom is -0.748 e. The Morgan fingerprint density at radius 2 is 2.15 bits per heavy atom. The van der Waals surface area contributed by atoms with Gasteiger partial charge in [-0.2, -0.15) is 0 Å². The van der Waals surface area contributed by atoms with Gasteiger partial charge in [0.2, 0.25) is 0 Å². The SMILES string of the molecule is C=CCNCC(O)CS(=O)(=O)[O-].[Na+]. The van der Waals surface area contributed by atoms with Crippen LogP contribution in [0.2, 0.25) is 0 Å². The Labute approximate surface area is 100 Å². The summed E-state index contributed by atoms with van der Waals surface area (Å²) in [6.45, 7) is 3.95. The monoisotopic (exact) mass is 217 g/mol. The summed E-state index contributed by atoms with van der Waals surface area (Å²) in [6.07, 6.45) is 0.422. The van der Waals surface area contributed by atoms with Gasteiger partial charge in [0, 0.05) is 13.1 Å². The van der Waals surface area contributed by atoms with E-state index in [1.807, 2.05) is 0 Å². The average Bonchev–Trinajstić information content (AvgIpc) is 1.84. The summed E-state index contributed by atoms with van der Waals surface area (Å²) < 4.78 is 30.3. The van der Waals surface area contributed by atoms with Gasteiger partial charge in [-0.15, -0.1) is 6.58 Å². The Morgan fingerprint density at radius 1 is 1.62 bits per heavy atom. The van der Waals surface area contributed by atoms with E-state index in [1.54, 1.807) is 6.08 Å². The van der Waals surface area contributed by atoms with E-state index in [9.17, 15) is 13.0 Å². The zero-order valence-corrected chi connectivity index (χ0v) is 10.4. The first-order chi connectivity index (χ1) is 5.45. The van der Waals surface area contributed by atoms with Crippen LogP contribution in [0, 0.1) is 0 Å². The van der Waals surface area contributed by atoms with Crippen LogP contribution in [0.4, 0.5) is 0 Å². The summed E-state index contributed by atoms with van der Waals surface area (Å²) >= 11 is 0. The molecule has 1 atom stereocenters. The van der Waals surface area contributed by atoms with Crippen LogP contribution in [-0.4, -0.2) is 43.0 Å². The number of aliphatic hydroxyl groups is 1. The molecule has 0 aromatic rings. The number of aliphatic hydroxyl groups excluding tert-OH is 1. The Bertz CT molecular complexity index is 229. The van der Waals surface area contributed by atoms with Gasteiger partial charge >= 0.3 is 29.6 Å². The quantitative estimate of drug-likeness (QED) is 0.203. The van der Waals surface area contributed by atoms with Crippen molar-refractivity contribution in [1.82, 2.24) is 5.32 Å². The third-order valence-electron chi connectivity index (χ3n) is 1.07. The van der Waals surface area contributed by atoms with Crippen LogP contribution in [0.5, 0.6) is 0 Å². The fourth-order valence-corrected chi connectivity index (χ4v) is 1.24. The molecule has 0 saturated heterocycles. The van der Waals surface area contributed by atoms with Crippen molar-refractivity contribution < 1.29 is 47.6 Å². The van der Waals surface area contributed by atoms with E-state index in [2.05, 4.69) is 11.9 Å². The zero-order valence-electron chi connectivity index (χ0n) is 7.56. The van der Waals surface area contributed by atoms with Crippen molar-refractivity contribution in [2.45, 2.75) is 6.10 Å². The summed E-state index contributed by atoms with van der Waals surface area (Å²) in [5.41, 5.74) is 0. The molecule has 0 spiro atoms. The smallest absolute Gasteiger partial charge is 0.748 e. The van der Waals surface area contributed by atoms with Gasteiger partial charge in [0.25, 0.3) is 0 Å². The molecule has 0 aromatic carbocycles. The Balaban J connectivity index is 0. The van der Waals surface area contributed by atoms with Crippen LogP contribution in [0.1, 0.15) is 0 Å². The van der Waals surface area contributed by atoms with Crippen LogP contribution in [0.15, 0.2) is 12.7 Å². The predicted octanol–water partition coefficient (Wildman–Crippen LogP) is -4.33. The maximum absolute atomic E-state index is 10.1. The Kier molecular flexibility index (Phi) is 9.77. The molecule has 0 amide bonds. The molecule has 0 aliphatic carbocycles. The molecule has 0 rings (SSSR count). The second-order valence-electron chi connectivity index (χ2n) is 2.33. The molecule has 2 N–H and O–H groups in total. The molecule has 0 radical (unpaired) electrons. The first-order valence-corrected chi connectivity index (χ1v) is 4.96. The second-order valence-corrected chi connectivity index (χ2v) is 3.77. The summed E-state index contributed by atoms with van der Waals surface area (Å²) in [4.78, 5) is 0. The van der Waals surface area contributed by atoms with Crippen molar-refractivity contribution in [3.63, 3.8) is 0 Å². The molecule has 0 aliphatic heterocycles. The minimum absolute atomic E-state index is 0. The van der Waals surface area contributed by atoms with Crippen LogP contribution in [0.3, 0.4) is 0 Å². The molecule has 7 heteroatoms. The minimum atomic E-state index is -4.33. The number of hydrogen-bond donors (Lipinski definition) is 2. The molecular weight excluding hydrogens is 205 g/mol. The van der Waals surface area contributed by atoms with E-state index in [-0.39, 0.29) is 36.1 Å². The van der Waals surface area contributed by atoms with Gasteiger partial charge in [-0.1, -0.05) is 6.08 Å². The molecule has 0 fully saturated rings. The zero-order chi connectivity index (χ0) is 9.61. The molecular formula is C6H12NNaO4S.